The minimum atomic E-state index is -0.793. The third-order valence-corrected chi connectivity index (χ3v) is 3.62. The lowest BCUT2D eigenvalue weighted by atomic mass is 9.95. The molecule has 2 rings (SSSR count). The van der Waals surface area contributed by atoms with E-state index in [-0.39, 0.29) is 44.0 Å². The van der Waals surface area contributed by atoms with Crippen LogP contribution in [0.5, 0.6) is 11.5 Å². The molecule has 0 spiro atoms. The number of aromatic hydroxyl groups is 2. The van der Waals surface area contributed by atoms with Gasteiger partial charge in [-0.15, -0.1) is 0 Å². The number of halogens is 1. The molecule has 5 N–H and O–H groups in total. The highest BCUT2D eigenvalue weighted by Crippen LogP contribution is 2.43. The van der Waals surface area contributed by atoms with Crippen molar-refractivity contribution in [2.24, 2.45) is 0 Å². The number of nitrogen functional groups attached to an aromatic ring is 1. The zero-order chi connectivity index (χ0) is 15.7. The standard InChI is InChI=1S/C13H7BrN4O3/c14-11-8(20)2-1-7(19)10(11)9-5(3-15)12(17)18-13(21)6(9)4-16/h1-2,19-20H,(H3,17,18,21). The number of rotatable bonds is 1. The smallest absolute Gasteiger partial charge is 0.268 e. The number of phenolic OH excluding ortho intramolecular Hbond substituents is 2. The SMILES string of the molecule is N#Cc1c(N)[nH]c(=O)c(C#N)c1-c1c(O)ccc(O)c1Br. The Bertz CT molecular complexity index is 890. The van der Waals surface area contributed by atoms with Gasteiger partial charge in [0.25, 0.3) is 5.56 Å². The summed E-state index contributed by atoms with van der Waals surface area (Å²) in [5.41, 5.74) is 4.04. The van der Waals surface area contributed by atoms with Crippen LogP contribution in [0.15, 0.2) is 21.4 Å². The van der Waals surface area contributed by atoms with E-state index in [0.717, 1.165) is 0 Å². The fourth-order valence-electron chi connectivity index (χ4n) is 1.89. The fourth-order valence-corrected chi connectivity index (χ4v) is 2.42. The summed E-state index contributed by atoms with van der Waals surface area (Å²) >= 11 is 3.06. The van der Waals surface area contributed by atoms with E-state index in [1.165, 1.54) is 12.1 Å². The maximum Gasteiger partial charge on any atom is 0.268 e. The van der Waals surface area contributed by atoms with E-state index in [2.05, 4.69) is 20.9 Å². The lowest BCUT2D eigenvalue weighted by molar-refractivity contribution is 0.459. The van der Waals surface area contributed by atoms with E-state index in [1.54, 1.807) is 12.1 Å². The molecule has 0 amide bonds. The molecule has 7 nitrogen and oxygen atoms in total. The van der Waals surface area contributed by atoms with Gasteiger partial charge < -0.3 is 20.9 Å². The highest BCUT2D eigenvalue weighted by atomic mass is 79.9. The molecule has 8 heteroatoms. The van der Waals surface area contributed by atoms with Crippen LogP contribution in [0.2, 0.25) is 0 Å². The van der Waals surface area contributed by atoms with Gasteiger partial charge in [0.05, 0.1) is 4.47 Å². The maximum atomic E-state index is 11.8. The van der Waals surface area contributed by atoms with Crippen LogP contribution in [0.1, 0.15) is 11.1 Å². The summed E-state index contributed by atoms with van der Waals surface area (Å²) in [5.74, 6) is -0.779. The van der Waals surface area contributed by atoms with Crippen molar-refractivity contribution in [3.05, 3.63) is 38.1 Å². The molecule has 104 valence electrons. The minimum Gasteiger partial charge on any atom is -0.507 e. The predicted molar refractivity (Wildman–Crippen MR) is 77.4 cm³/mol. The number of anilines is 1. The molecule has 0 saturated heterocycles. The van der Waals surface area contributed by atoms with Gasteiger partial charge in [-0.3, -0.25) is 4.79 Å². The molecule has 0 fully saturated rings. The zero-order valence-electron chi connectivity index (χ0n) is 10.3. The van der Waals surface area contributed by atoms with Crippen molar-refractivity contribution in [2.75, 3.05) is 5.73 Å². The second-order valence-electron chi connectivity index (χ2n) is 4.01. The highest BCUT2D eigenvalue weighted by Gasteiger charge is 2.23. The number of nitrogens with two attached hydrogens (primary N) is 1. The Labute approximate surface area is 126 Å². The summed E-state index contributed by atoms with van der Waals surface area (Å²) in [4.78, 5) is 14.0. The average molecular weight is 347 g/mol. The number of hydrogen-bond donors (Lipinski definition) is 4. The Balaban J connectivity index is 3.09. The summed E-state index contributed by atoms with van der Waals surface area (Å²) < 4.78 is 0.0421. The summed E-state index contributed by atoms with van der Waals surface area (Å²) in [6.45, 7) is 0. The van der Waals surface area contributed by atoms with Gasteiger partial charge in [0.1, 0.15) is 40.6 Å². The van der Waals surface area contributed by atoms with E-state index < -0.39 is 5.56 Å². The number of hydrogen-bond acceptors (Lipinski definition) is 6. The van der Waals surface area contributed by atoms with Crippen LogP contribution in [0, 0.1) is 22.7 Å². The molecule has 0 saturated carbocycles. The average Bonchev–Trinajstić information content (AvgIpc) is 2.43. The van der Waals surface area contributed by atoms with E-state index in [1.807, 2.05) is 0 Å². The monoisotopic (exact) mass is 346 g/mol. The molecular weight excluding hydrogens is 340 g/mol. The first-order valence-corrected chi connectivity index (χ1v) is 6.28. The number of phenols is 2. The van der Waals surface area contributed by atoms with Crippen molar-refractivity contribution in [1.82, 2.24) is 4.98 Å². The molecule has 2 aromatic rings. The second kappa shape index (κ2) is 5.19. The summed E-state index contributed by atoms with van der Waals surface area (Å²) in [6.07, 6.45) is 0. The molecule has 0 aliphatic heterocycles. The van der Waals surface area contributed by atoms with Crippen molar-refractivity contribution in [3.63, 3.8) is 0 Å². The fraction of sp³-hybridized carbons (Fsp3) is 0. The highest BCUT2D eigenvalue weighted by molar-refractivity contribution is 9.10. The Kier molecular flexibility index (Phi) is 3.57. The number of H-pyrrole nitrogens is 1. The van der Waals surface area contributed by atoms with Crippen LogP contribution in [-0.2, 0) is 0 Å². The molecule has 0 unspecified atom stereocenters. The third-order valence-electron chi connectivity index (χ3n) is 2.82. The molecule has 1 heterocycles. The Morgan fingerprint density at radius 3 is 2.24 bits per heavy atom. The summed E-state index contributed by atoms with van der Waals surface area (Å²) in [6, 6.07) is 5.85. The zero-order valence-corrected chi connectivity index (χ0v) is 11.9. The van der Waals surface area contributed by atoms with E-state index in [4.69, 9.17) is 11.0 Å². The van der Waals surface area contributed by atoms with Gasteiger partial charge in [-0.05, 0) is 28.1 Å². The van der Waals surface area contributed by atoms with Crippen LogP contribution in [-0.4, -0.2) is 15.2 Å². The number of aromatic amines is 1. The quantitative estimate of drug-likeness (QED) is 0.575. The largest absolute Gasteiger partial charge is 0.507 e. The Hall–Kier alpha value is -2.97. The van der Waals surface area contributed by atoms with Crippen molar-refractivity contribution in [2.45, 2.75) is 0 Å². The lowest BCUT2D eigenvalue weighted by Crippen LogP contribution is -2.16. The van der Waals surface area contributed by atoms with E-state index >= 15 is 0 Å². The van der Waals surface area contributed by atoms with Crippen LogP contribution in [0.4, 0.5) is 5.82 Å². The Morgan fingerprint density at radius 2 is 1.67 bits per heavy atom. The number of pyridine rings is 1. The van der Waals surface area contributed by atoms with Gasteiger partial charge in [0.15, 0.2) is 0 Å². The number of nitriles is 2. The maximum absolute atomic E-state index is 11.8. The Morgan fingerprint density at radius 1 is 1.10 bits per heavy atom. The van der Waals surface area contributed by atoms with Gasteiger partial charge in [-0.1, -0.05) is 0 Å². The van der Waals surface area contributed by atoms with Crippen molar-refractivity contribution < 1.29 is 10.2 Å². The van der Waals surface area contributed by atoms with Crippen molar-refractivity contribution in [3.8, 4) is 34.8 Å². The third kappa shape index (κ3) is 2.18. The molecule has 1 aromatic carbocycles. The molecule has 1 aromatic heterocycles. The van der Waals surface area contributed by atoms with Gasteiger partial charge in [0.2, 0.25) is 0 Å². The van der Waals surface area contributed by atoms with Crippen LogP contribution in [0.3, 0.4) is 0 Å². The van der Waals surface area contributed by atoms with Gasteiger partial charge in [0, 0.05) is 11.1 Å². The number of aromatic nitrogens is 1. The second-order valence-corrected chi connectivity index (χ2v) is 4.80. The first kappa shape index (κ1) is 14.4. The van der Waals surface area contributed by atoms with Gasteiger partial charge in [-0.2, -0.15) is 10.5 Å². The van der Waals surface area contributed by atoms with Crippen LogP contribution < -0.4 is 11.3 Å². The van der Waals surface area contributed by atoms with Crippen molar-refractivity contribution in [1.29, 1.82) is 10.5 Å². The van der Waals surface area contributed by atoms with E-state index in [0.29, 0.717) is 0 Å². The summed E-state index contributed by atoms with van der Waals surface area (Å²) in [5, 5.41) is 38.0. The molecular formula is C13H7BrN4O3. The number of nitrogens with zero attached hydrogens (tertiary/aromatic N) is 2. The molecule has 0 aliphatic rings. The first-order valence-electron chi connectivity index (χ1n) is 5.49. The molecule has 21 heavy (non-hydrogen) atoms. The number of benzene rings is 1. The lowest BCUT2D eigenvalue weighted by Gasteiger charge is -2.13. The molecule has 0 atom stereocenters. The predicted octanol–water partition coefficient (Wildman–Crippen LogP) is 1.54. The normalized spacial score (nSPS) is 9.86. The van der Waals surface area contributed by atoms with Crippen LogP contribution >= 0.6 is 15.9 Å². The topological polar surface area (TPSA) is 147 Å². The first-order chi connectivity index (χ1) is 9.92. The number of nitrogens with one attached hydrogen (secondary N) is 1. The molecule has 0 radical (unpaired) electrons. The van der Waals surface area contributed by atoms with Crippen LogP contribution in [0.25, 0.3) is 11.1 Å². The summed E-state index contributed by atoms with van der Waals surface area (Å²) in [7, 11) is 0. The van der Waals surface area contributed by atoms with Gasteiger partial charge >= 0.3 is 0 Å². The van der Waals surface area contributed by atoms with E-state index in [9.17, 15) is 20.3 Å². The van der Waals surface area contributed by atoms with Crippen molar-refractivity contribution >= 4 is 21.7 Å². The molecule has 0 aliphatic carbocycles. The minimum absolute atomic E-state index is 0.0421. The van der Waals surface area contributed by atoms with Gasteiger partial charge in [-0.25, -0.2) is 0 Å². The molecule has 0 bridgehead atoms.